The Morgan fingerprint density at radius 3 is 2.36 bits per heavy atom. The van der Waals surface area contributed by atoms with Crippen LogP contribution in [0.4, 0.5) is 0 Å². The zero-order valence-corrected chi connectivity index (χ0v) is 12.7. The maximum absolute atomic E-state index is 12.1. The van der Waals surface area contributed by atoms with Crippen LogP contribution >= 0.6 is 0 Å². The van der Waals surface area contributed by atoms with Crippen LogP contribution in [0.2, 0.25) is 0 Å². The largest absolute Gasteiger partial charge is 0.287 e. The Morgan fingerprint density at radius 1 is 0.955 bits per heavy atom. The molecule has 1 aliphatic carbocycles. The number of nitrogens with one attached hydrogen (secondary N) is 2. The Bertz CT molecular complexity index is 597. The highest BCUT2D eigenvalue weighted by molar-refractivity contribution is 5.93. The normalized spacial score (nSPS) is 20.7. The number of hydrazine groups is 1. The SMILES string of the molecule is O=C(NN[C@@H]1CCC[C@@H]1Cc1ccccc1)c1ccccc1. The van der Waals surface area contributed by atoms with Crippen molar-refractivity contribution in [3.63, 3.8) is 0 Å². The Morgan fingerprint density at radius 2 is 1.64 bits per heavy atom. The van der Waals surface area contributed by atoms with Crippen molar-refractivity contribution in [2.45, 2.75) is 31.7 Å². The smallest absolute Gasteiger partial charge is 0.265 e. The molecule has 3 nitrogen and oxygen atoms in total. The van der Waals surface area contributed by atoms with Crippen LogP contribution in [0.3, 0.4) is 0 Å². The molecule has 2 N–H and O–H groups in total. The molecule has 0 bridgehead atoms. The minimum Gasteiger partial charge on any atom is -0.287 e. The van der Waals surface area contributed by atoms with Crippen molar-refractivity contribution in [2.24, 2.45) is 5.92 Å². The molecule has 0 radical (unpaired) electrons. The van der Waals surface area contributed by atoms with Crippen molar-refractivity contribution in [3.8, 4) is 0 Å². The fraction of sp³-hybridized carbons (Fsp3) is 0.316. The van der Waals surface area contributed by atoms with Crippen molar-refractivity contribution < 1.29 is 4.79 Å². The molecule has 0 spiro atoms. The Hall–Kier alpha value is -2.13. The van der Waals surface area contributed by atoms with Crippen LogP contribution in [-0.2, 0) is 6.42 Å². The molecule has 1 saturated carbocycles. The molecule has 0 heterocycles. The molecule has 1 amide bonds. The molecule has 0 aromatic heterocycles. The summed E-state index contributed by atoms with van der Waals surface area (Å²) in [5.41, 5.74) is 8.18. The van der Waals surface area contributed by atoms with E-state index in [1.54, 1.807) is 0 Å². The van der Waals surface area contributed by atoms with Crippen molar-refractivity contribution in [3.05, 3.63) is 71.8 Å². The highest BCUT2D eigenvalue weighted by Crippen LogP contribution is 2.28. The molecular weight excluding hydrogens is 272 g/mol. The number of benzene rings is 2. The standard InChI is InChI=1S/C19H22N2O/c22-19(16-10-5-2-6-11-16)21-20-18-13-7-12-17(18)14-15-8-3-1-4-9-15/h1-6,8-11,17-18,20H,7,12-14H2,(H,21,22)/t17-,18-/m1/s1. The molecule has 114 valence electrons. The second kappa shape index (κ2) is 7.23. The van der Waals surface area contributed by atoms with Gasteiger partial charge in [0.2, 0.25) is 0 Å². The van der Waals surface area contributed by atoms with Gasteiger partial charge in [-0.3, -0.25) is 10.2 Å². The minimum absolute atomic E-state index is 0.0639. The summed E-state index contributed by atoms with van der Waals surface area (Å²) < 4.78 is 0. The zero-order chi connectivity index (χ0) is 15.2. The Balaban J connectivity index is 1.54. The third-order valence-electron chi connectivity index (χ3n) is 4.41. The maximum atomic E-state index is 12.1. The molecule has 22 heavy (non-hydrogen) atoms. The van der Waals surface area contributed by atoms with E-state index in [0.29, 0.717) is 17.5 Å². The first-order chi connectivity index (χ1) is 10.8. The van der Waals surface area contributed by atoms with E-state index in [4.69, 9.17) is 0 Å². The van der Waals surface area contributed by atoms with E-state index in [9.17, 15) is 4.79 Å². The maximum Gasteiger partial charge on any atom is 0.265 e. The molecule has 0 unspecified atom stereocenters. The van der Waals surface area contributed by atoms with Gasteiger partial charge in [-0.1, -0.05) is 55.0 Å². The van der Waals surface area contributed by atoms with E-state index in [0.717, 1.165) is 12.8 Å². The van der Waals surface area contributed by atoms with Crippen LogP contribution in [0.5, 0.6) is 0 Å². The highest BCUT2D eigenvalue weighted by atomic mass is 16.2. The number of amides is 1. The van der Waals surface area contributed by atoms with Gasteiger partial charge in [0, 0.05) is 11.6 Å². The monoisotopic (exact) mass is 294 g/mol. The molecule has 2 aromatic rings. The molecule has 1 fully saturated rings. The van der Waals surface area contributed by atoms with Gasteiger partial charge < -0.3 is 0 Å². The van der Waals surface area contributed by atoms with Crippen LogP contribution in [0.1, 0.15) is 35.2 Å². The number of hydrogen-bond acceptors (Lipinski definition) is 2. The zero-order valence-electron chi connectivity index (χ0n) is 12.7. The molecule has 3 rings (SSSR count). The van der Waals surface area contributed by atoms with E-state index >= 15 is 0 Å². The summed E-state index contributed by atoms with van der Waals surface area (Å²) in [4.78, 5) is 12.1. The van der Waals surface area contributed by atoms with Crippen molar-refractivity contribution in [1.29, 1.82) is 0 Å². The summed E-state index contributed by atoms with van der Waals surface area (Å²) in [5.74, 6) is 0.518. The van der Waals surface area contributed by atoms with Gasteiger partial charge in [-0.15, -0.1) is 0 Å². The average Bonchev–Trinajstić information content (AvgIpc) is 3.01. The van der Waals surface area contributed by atoms with Gasteiger partial charge in [0.1, 0.15) is 0 Å². The molecule has 3 heteroatoms. The first-order valence-corrected chi connectivity index (χ1v) is 7.98. The van der Waals surface area contributed by atoms with Gasteiger partial charge in [0.05, 0.1) is 0 Å². The molecule has 0 aliphatic heterocycles. The summed E-state index contributed by atoms with van der Waals surface area (Å²) in [6.07, 6.45) is 4.62. The van der Waals surface area contributed by atoms with E-state index in [2.05, 4.69) is 35.1 Å². The second-order valence-corrected chi connectivity index (χ2v) is 5.95. The third-order valence-corrected chi connectivity index (χ3v) is 4.41. The summed E-state index contributed by atoms with van der Waals surface area (Å²) in [6, 6.07) is 20.3. The molecular formula is C19H22N2O. The Labute approximate surface area is 131 Å². The fourth-order valence-electron chi connectivity index (χ4n) is 3.21. The van der Waals surface area contributed by atoms with Gasteiger partial charge in [-0.25, -0.2) is 5.43 Å². The summed E-state index contributed by atoms with van der Waals surface area (Å²) in [6.45, 7) is 0. The number of hydrogen-bond donors (Lipinski definition) is 2. The third kappa shape index (κ3) is 3.74. The van der Waals surface area contributed by atoms with Gasteiger partial charge in [-0.05, 0) is 42.9 Å². The van der Waals surface area contributed by atoms with E-state index in [-0.39, 0.29) is 5.91 Å². The summed E-state index contributed by atoms with van der Waals surface area (Å²) in [7, 11) is 0. The number of carbonyl (C=O) groups is 1. The van der Waals surface area contributed by atoms with Crippen molar-refractivity contribution in [1.82, 2.24) is 10.9 Å². The van der Waals surface area contributed by atoms with Crippen LogP contribution in [0, 0.1) is 5.92 Å². The summed E-state index contributed by atoms with van der Waals surface area (Å²) >= 11 is 0. The fourth-order valence-corrected chi connectivity index (χ4v) is 3.21. The first-order valence-electron chi connectivity index (χ1n) is 7.98. The van der Waals surface area contributed by atoms with E-state index in [1.807, 2.05) is 36.4 Å². The predicted molar refractivity (Wildman–Crippen MR) is 88.3 cm³/mol. The van der Waals surface area contributed by atoms with Gasteiger partial charge in [-0.2, -0.15) is 0 Å². The minimum atomic E-state index is -0.0639. The molecule has 2 aromatic carbocycles. The lowest BCUT2D eigenvalue weighted by Crippen LogP contribution is -2.46. The Kier molecular flexibility index (Phi) is 4.86. The first kappa shape index (κ1) is 14.8. The van der Waals surface area contributed by atoms with Gasteiger partial charge >= 0.3 is 0 Å². The quantitative estimate of drug-likeness (QED) is 0.831. The lowest BCUT2D eigenvalue weighted by Gasteiger charge is -2.21. The molecule has 0 saturated heterocycles. The van der Waals surface area contributed by atoms with Crippen LogP contribution in [-0.4, -0.2) is 11.9 Å². The number of rotatable bonds is 5. The van der Waals surface area contributed by atoms with Gasteiger partial charge in [0.25, 0.3) is 5.91 Å². The highest BCUT2D eigenvalue weighted by Gasteiger charge is 2.27. The van der Waals surface area contributed by atoms with E-state index in [1.165, 1.54) is 18.4 Å². The topological polar surface area (TPSA) is 41.1 Å². The number of carbonyl (C=O) groups excluding carboxylic acids is 1. The van der Waals surface area contributed by atoms with Crippen molar-refractivity contribution in [2.75, 3.05) is 0 Å². The lowest BCUT2D eigenvalue weighted by molar-refractivity contribution is 0.0920. The van der Waals surface area contributed by atoms with Crippen LogP contribution in [0.15, 0.2) is 60.7 Å². The van der Waals surface area contributed by atoms with Crippen LogP contribution < -0.4 is 10.9 Å². The van der Waals surface area contributed by atoms with Gasteiger partial charge in [0.15, 0.2) is 0 Å². The lowest BCUT2D eigenvalue weighted by atomic mass is 9.95. The average molecular weight is 294 g/mol. The predicted octanol–water partition coefficient (Wildman–Crippen LogP) is 3.33. The molecule has 1 aliphatic rings. The van der Waals surface area contributed by atoms with E-state index < -0.39 is 0 Å². The van der Waals surface area contributed by atoms with Crippen LogP contribution in [0.25, 0.3) is 0 Å². The van der Waals surface area contributed by atoms with Crippen molar-refractivity contribution >= 4 is 5.91 Å². The summed E-state index contributed by atoms with van der Waals surface area (Å²) in [5, 5.41) is 0. The second-order valence-electron chi connectivity index (χ2n) is 5.95. The molecule has 2 atom stereocenters.